The summed E-state index contributed by atoms with van der Waals surface area (Å²) < 4.78 is 26.1. The van der Waals surface area contributed by atoms with Gasteiger partial charge in [0.25, 0.3) is 5.69 Å². The third-order valence-electron chi connectivity index (χ3n) is 2.90. The van der Waals surface area contributed by atoms with Crippen LogP contribution in [0.3, 0.4) is 0 Å². The number of nitro benzene ring substituents is 1. The summed E-state index contributed by atoms with van der Waals surface area (Å²) in [7, 11) is 0. The topological polar surface area (TPSA) is 55.2 Å². The third kappa shape index (κ3) is 3.09. The van der Waals surface area contributed by atoms with Gasteiger partial charge in [-0.05, 0) is 42.8 Å². The van der Waals surface area contributed by atoms with Crippen LogP contribution in [0.5, 0.6) is 0 Å². The minimum atomic E-state index is -0.562. The first-order chi connectivity index (χ1) is 9.47. The summed E-state index contributed by atoms with van der Waals surface area (Å²) in [4.78, 5) is 10.3. The molecule has 4 nitrogen and oxygen atoms in total. The van der Waals surface area contributed by atoms with E-state index < -0.39 is 10.7 Å². The van der Waals surface area contributed by atoms with Gasteiger partial charge in [-0.25, -0.2) is 8.78 Å². The van der Waals surface area contributed by atoms with Crippen LogP contribution in [0.15, 0.2) is 36.4 Å². The predicted octanol–water partition coefficient (Wildman–Crippen LogP) is 3.79. The van der Waals surface area contributed by atoms with Crippen LogP contribution in [0.25, 0.3) is 0 Å². The monoisotopic (exact) mass is 278 g/mol. The number of benzene rings is 2. The van der Waals surface area contributed by atoms with Crippen molar-refractivity contribution in [2.24, 2.45) is 0 Å². The number of hydrogen-bond acceptors (Lipinski definition) is 3. The van der Waals surface area contributed by atoms with Crippen LogP contribution in [0.1, 0.15) is 11.1 Å². The molecule has 0 atom stereocenters. The molecule has 0 bridgehead atoms. The molecule has 0 aliphatic heterocycles. The second-order valence-corrected chi connectivity index (χ2v) is 4.34. The van der Waals surface area contributed by atoms with Crippen LogP contribution in [0, 0.1) is 28.7 Å². The number of nitro groups is 1. The van der Waals surface area contributed by atoms with Crippen LogP contribution in [0.2, 0.25) is 0 Å². The maximum absolute atomic E-state index is 13.2. The largest absolute Gasteiger partial charge is 0.380 e. The Morgan fingerprint density at radius 3 is 2.45 bits per heavy atom. The molecule has 0 fully saturated rings. The van der Waals surface area contributed by atoms with Crippen LogP contribution in [-0.2, 0) is 6.54 Å². The van der Waals surface area contributed by atoms with Gasteiger partial charge in [-0.1, -0.05) is 0 Å². The Labute approximate surface area is 114 Å². The quantitative estimate of drug-likeness (QED) is 0.683. The highest BCUT2D eigenvalue weighted by Crippen LogP contribution is 2.22. The summed E-state index contributed by atoms with van der Waals surface area (Å²) in [6, 6.07) is 7.46. The molecule has 0 aliphatic carbocycles. The van der Waals surface area contributed by atoms with E-state index in [9.17, 15) is 18.9 Å². The van der Waals surface area contributed by atoms with Crippen molar-refractivity contribution in [1.29, 1.82) is 0 Å². The normalized spacial score (nSPS) is 10.3. The standard InChI is InChI=1S/C14H12F2N2O2/c1-9-6-11(15)2-4-13(9)17-8-10-7-12(16)3-5-14(10)18(19)20/h2-7,17H,8H2,1H3. The Bertz CT molecular complexity index is 660. The highest BCUT2D eigenvalue weighted by atomic mass is 19.1. The van der Waals surface area contributed by atoms with E-state index in [-0.39, 0.29) is 23.6 Å². The van der Waals surface area contributed by atoms with Crippen molar-refractivity contribution < 1.29 is 13.7 Å². The lowest BCUT2D eigenvalue weighted by atomic mass is 10.1. The molecule has 1 N–H and O–H groups in total. The molecule has 0 radical (unpaired) electrons. The molecule has 104 valence electrons. The minimum Gasteiger partial charge on any atom is -0.380 e. The van der Waals surface area contributed by atoms with Gasteiger partial charge in [0.15, 0.2) is 0 Å². The van der Waals surface area contributed by atoms with Gasteiger partial charge in [0, 0.05) is 18.3 Å². The van der Waals surface area contributed by atoms with E-state index in [4.69, 9.17) is 0 Å². The van der Waals surface area contributed by atoms with Gasteiger partial charge in [-0.2, -0.15) is 0 Å². The van der Waals surface area contributed by atoms with Crippen molar-refractivity contribution in [1.82, 2.24) is 0 Å². The van der Waals surface area contributed by atoms with Crippen molar-refractivity contribution in [3.05, 3.63) is 69.3 Å². The van der Waals surface area contributed by atoms with Gasteiger partial charge in [0.1, 0.15) is 11.6 Å². The molecule has 0 aromatic heterocycles. The van der Waals surface area contributed by atoms with Gasteiger partial charge in [0.05, 0.1) is 10.5 Å². The zero-order valence-corrected chi connectivity index (χ0v) is 10.7. The summed E-state index contributed by atoms with van der Waals surface area (Å²) in [6.07, 6.45) is 0. The molecule has 0 saturated heterocycles. The maximum Gasteiger partial charge on any atom is 0.274 e. The summed E-state index contributed by atoms with van der Waals surface area (Å²) >= 11 is 0. The number of nitrogens with zero attached hydrogens (tertiary/aromatic N) is 1. The van der Waals surface area contributed by atoms with E-state index in [1.54, 1.807) is 6.92 Å². The highest BCUT2D eigenvalue weighted by Gasteiger charge is 2.14. The minimum absolute atomic E-state index is 0.0839. The van der Waals surface area contributed by atoms with E-state index in [0.717, 1.165) is 18.2 Å². The number of halogens is 2. The van der Waals surface area contributed by atoms with Crippen molar-refractivity contribution in [2.75, 3.05) is 5.32 Å². The Kier molecular flexibility index (Phi) is 3.93. The average molecular weight is 278 g/mol. The average Bonchev–Trinajstić information content (AvgIpc) is 2.37. The Morgan fingerprint density at radius 1 is 1.15 bits per heavy atom. The molecule has 0 saturated carbocycles. The van der Waals surface area contributed by atoms with Crippen LogP contribution >= 0.6 is 0 Å². The number of aryl methyl sites for hydroxylation is 1. The smallest absolute Gasteiger partial charge is 0.274 e. The zero-order chi connectivity index (χ0) is 14.7. The first-order valence-corrected chi connectivity index (χ1v) is 5.90. The van der Waals surface area contributed by atoms with Crippen LogP contribution in [0.4, 0.5) is 20.2 Å². The van der Waals surface area contributed by atoms with E-state index in [1.807, 2.05) is 0 Å². The first-order valence-electron chi connectivity index (χ1n) is 5.90. The van der Waals surface area contributed by atoms with Crippen molar-refractivity contribution >= 4 is 11.4 Å². The van der Waals surface area contributed by atoms with Crippen LogP contribution in [-0.4, -0.2) is 4.92 Å². The van der Waals surface area contributed by atoms with Crippen molar-refractivity contribution in [2.45, 2.75) is 13.5 Å². The fraction of sp³-hybridized carbons (Fsp3) is 0.143. The molecule has 0 heterocycles. The van der Waals surface area contributed by atoms with Gasteiger partial charge in [-0.3, -0.25) is 10.1 Å². The number of nitrogens with one attached hydrogen (secondary N) is 1. The molecule has 2 aromatic carbocycles. The highest BCUT2D eigenvalue weighted by molar-refractivity contribution is 5.52. The summed E-state index contributed by atoms with van der Waals surface area (Å²) in [5, 5.41) is 13.8. The van der Waals surface area contributed by atoms with E-state index in [2.05, 4.69) is 5.32 Å². The molecule has 20 heavy (non-hydrogen) atoms. The lowest BCUT2D eigenvalue weighted by molar-refractivity contribution is -0.385. The second kappa shape index (κ2) is 5.64. The fourth-order valence-corrected chi connectivity index (χ4v) is 1.89. The summed E-state index contributed by atoms with van der Waals surface area (Å²) in [5.74, 6) is -0.895. The molecule has 0 spiro atoms. The Hall–Kier alpha value is -2.50. The molecule has 0 aliphatic rings. The SMILES string of the molecule is Cc1cc(F)ccc1NCc1cc(F)ccc1[N+](=O)[O-]. The summed E-state index contributed by atoms with van der Waals surface area (Å²) in [5.41, 5.74) is 1.39. The summed E-state index contributed by atoms with van der Waals surface area (Å²) in [6.45, 7) is 1.80. The lowest BCUT2D eigenvalue weighted by Crippen LogP contribution is -2.05. The second-order valence-electron chi connectivity index (χ2n) is 4.34. The van der Waals surface area contributed by atoms with E-state index in [0.29, 0.717) is 11.3 Å². The molecule has 6 heteroatoms. The van der Waals surface area contributed by atoms with Gasteiger partial charge in [-0.15, -0.1) is 0 Å². The Balaban J connectivity index is 2.22. The molecule has 0 unspecified atom stereocenters. The van der Waals surface area contributed by atoms with Crippen molar-refractivity contribution in [3.63, 3.8) is 0 Å². The molecule has 2 aromatic rings. The third-order valence-corrected chi connectivity index (χ3v) is 2.90. The van der Waals surface area contributed by atoms with Gasteiger partial charge in [0.2, 0.25) is 0 Å². The maximum atomic E-state index is 13.2. The predicted molar refractivity (Wildman–Crippen MR) is 71.5 cm³/mol. The van der Waals surface area contributed by atoms with E-state index >= 15 is 0 Å². The van der Waals surface area contributed by atoms with Crippen molar-refractivity contribution in [3.8, 4) is 0 Å². The number of rotatable bonds is 4. The van der Waals surface area contributed by atoms with Gasteiger partial charge >= 0.3 is 0 Å². The molecule has 2 rings (SSSR count). The number of hydrogen-bond donors (Lipinski definition) is 1. The zero-order valence-electron chi connectivity index (χ0n) is 10.7. The molecule has 0 amide bonds. The first kappa shape index (κ1) is 13.9. The lowest BCUT2D eigenvalue weighted by Gasteiger charge is -2.10. The number of anilines is 1. The van der Waals surface area contributed by atoms with Crippen LogP contribution < -0.4 is 5.32 Å². The van der Waals surface area contributed by atoms with Gasteiger partial charge < -0.3 is 5.32 Å². The molecular formula is C14H12F2N2O2. The van der Waals surface area contributed by atoms with E-state index in [1.165, 1.54) is 18.2 Å². The fourth-order valence-electron chi connectivity index (χ4n) is 1.89. The Morgan fingerprint density at radius 2 is 1.80 bits per heavy atom. The molecular weight excluding hydrogens is 266 g/mol.